The van der Waals surface area contributed by atoms with Crippen LogP contribution in [0, 0.1) is 13.8 Å². The van der Waals surface area contributed by atoms with Gasteiger partial charge in [-0.2, -0.15) is 13.2 Å². The maximum atomic E-state index is 13.2. The number of hydrogen-bond acceptors (Lipinski definition) is 6. The van der Waals surface area contributed by atoms with Gasteiger partial charge >= 0.3 is 6.18 Å². The Hall–Kier alpha value is -2.01. The number of anilines is 1. The molecule has 0 bridgehead atoms. The first-order valence-electron chi connectivity index (χ1n) is 9.91. The number of morpholine rings is 1. The van der Waals surface area contributed by atoms with Gasteiger partial charge in [-0.1, -0.05) is 11.8 Å². The fraction of sp³-hybridized carbons (Fsp3) is 0.632. The fourth-order valence-corrected chi connectivity index (χ4v) is 4.68. The van der Waals surface area contributed by atoms with Crippen LogP contribution in [0.1, 0.15) is 40.6 Å². The zero-order valence-electron chi connectivity index (χ0n) is 16.9. The Labute approximate surface area is 176 Å². The van der Waals surface area contributed by atoms with E-state index in [0.29, 0.717) is 37.9 Å². The van der Waals surface area contributed by atoms with Crippen molar-refractivity contribution in [2.24, 2.45) is 0 Å². The quantitative estimate of drug-likeness (QED) is 0.483. The molecule has 7 nitrogen and oxygen atoms in total. The normalized spacial score (nSPS) is 17.6. The summed E-state index contributed by atoms with van der Waals surface area (Å²) in [5.74, 6) is 0.0561. The molecule has 1 aliphatic carbocycles. The van der Waals surface area contributed by atoms with Crippen LogP contribution in [0.2, 0.25) is 0 Å². The maximum Gasteiger partial charge on any atom is 0.406 e. The smallest absolute Gasteiger partial charge is 0.378 e. The average molecular weight is 443 g/mol. The summed E-state index contributed by atoms with van der Waals surface area (Å²) < 4.78 is 48.1. The summed E-state index contributed by atoms with van der Waals surface area (Å²) in [6, 6.07) is 2.33. The van der Waals surface area contributed by atoms with Gasteiger partial charge in [-0.3, -0.25) is 9.36 Å². The van der Waals surface area contributed by atoms with E-state index in [1.54, 1.807) is 4.90 Å². The molecule has 0 N–H and O–H groups in total. The van der Waals surface area contributed by atoms with Gasteiger partial charge in [0.15, 0.2) is 10.9 Å². The van der Waals surface area contributed by atoms with E-state index in [1.165, 1.54) is 0 Å². The third kappa shape index (κ3) is 4.51. The molecule has 30 heavy (non-hydrogen) atoms. The lowest BCUT2D eigenvalue weighted by Gasteiger charge is -2.28. The number of aromatic nitrogens is 4. The number of alkyl halides is 3. The summed E-state index contributed by atoms with van der Waals surface area (Å²) in [6.45, 7) is 4.46. The predicted molar refractivity (Wildman–Crippen MR) is 106 cm³/mol. The third-order valence-corrected chi connectivity index (χ3v) is 6.32. The molecule has 1 saturated heterocycles. The van der Waals surface area contributed by atoms with Gasteiger partial charge in [-0.25, -0.2) is 0 Å². The van der Waals surface area contributed by atoms with Crippen LogP contribution in [0.5, 0.6) is 0 Å². The SMILES string of the molecule is Cc1cc(C(=O)CSc2nnc(N3CCOCC3)n2CC(F)(F)F)c(C)n1C1CC1. The van der Waals surface area contributed by atoms with Crippen LogP contribution >= 0.6 is 11.8 Å². The lowest BCUT2D eigenvalue weighted by Crippen LogP contribution is -2.38. The molecule has 4 rings (SSSR count). The van der Waals surface area contributed by atoms with Crippen LogP contribution < -0.4 is 4.90 Å². The Balaban J connectivity index is 1.52. The van der Waals surface area contributed by atoms with Gasteiger partial charge < -0.3 is 14.2 Å². The number of thioether (sulfide) groups is 1. The van der Waals surface area contributed by atoms with Gasteiger partial charge in [0.25, 0.3) is 0 Å². The molecule has 1 aliphatic heterocycles. The lowest BCUT2D eigenvalue weighted by atomic mass is 10.2. The monoisotopic (exact) mass is 443 g/mol. The molecule has 2 aromatic heterocycles. The Morgan fingerprint density at radius 3 is 2.57 bits per heavy atom. The zero-order valence-corrected chi connectivity index (χ0v) is 17.7. The van der Waals surface area contributed by atoms with E-state index >= 15 is 0 Å². The second-order valence-corrected chi connectivity index (χ2v) is 8.62. The van der Waals surface area contributed by atoms with Crippen molar-refractivity contribution < 1.29 is 22.7 Å². The number of halogens is 3. The summed E-state index contributed by atoms with van der Waals surface area (Å²) >= 11 is 0.996. The molecule has 2 aromatic rings. The molecule has 0 radical (unpaired) electrons. The van der Waals surface area contributed by atoms with Crippen molar-refractivity contribution >= 4 is 23.5 Å². The number of hydrogen-bond donors (Lipinski definition) is 0. The molecule has 3 heterocycles. The molecular weight excluding hydrogens is 419 g/mol. The second kappa shape index (κ2) is 8.26. The van der Waals surface area contributed by atoms with E-state index in [9.17, 15) is 18.0 Å². The van der Waals surface area contributed by atoms with E-state index in [4.69, 9.17) is 4.74 Å². The summed E-state index contributed by atoms with van der Waals surface area (Å²) in [7, 11) is 0. The largest absolute Gasteiger partial charge is 0.406 e. The molecule has 2 aliphatic rings. The van der Waals surface area contributed by atoms with Crippen molar-refractivity contribution in [3.05, 3.63) is 23.0 Å². The van der Waals surface area contributed by atoms with Crippen molar-refractivity contribution in [3.63, 3.8) is 0 Å². The molecule has 0 amide bonds. The summed E-state index contributed by atoms with van der Waals surface area (Å²) in [4.78, 5) is 14.5. The molecule has 164 valence electrons. The number of ketones is 1. The number of aryl methyl sites for hydroxylation is 1. The first kappa shape index (κ1) is 21.2. The van der Waals surface area contributed by atoms with Crippen LogP contribution in [0.3, 0.4) is 0 Å². The zero-order chi connectivity index (χ0) is 21.5. The standard InChI is InChI=1S/C19H24F3N5O2S/c1-12-9-15(13(2)27(12)14-3-4-14)16(28)10-30-18-24-23-17(25-5-7-29-8-6-25)26(18)11-19(20,21)22/h9,14H,3-8,10-11H2,1-2H3. The van der Waals surface area contributed by atoms with E-state index in [-0.39, 0.29) is 22.6 Å². The summed E-state index contributed by atoms with van der Waals surface area (Å²) in [5.41, 5.74) is 2.59. The van der Waals surface area contributed by atoms with Crippen LogP contribution in [0.15, 0.2) is 11.2 Å². The number of ether oxygens (including phenoxy) is 1. The molecule has 0 aromatic carbocycles. The van der Waals surface area contributed by atoms with E-state index in [2.05, 4.69) is 14.8 Å². The van der Waals surface area contributed by atoms with Gasteiger partial charge in [0.2, 0.25) is 5.95 Å². The molecule has 0 unspecified atom stereocenters. The Kier molecular flexibility index (Phi) is 5.84. The van der Waals surface area contributed by atoms with Gasteiger partial charge in [-0.05, 0) is 32.8 Å². The number of nitrogens with zero attached hydrogens (tertiary/aromatic N) is 5. The van der Waals surface area contributed by atoms with Crippen LogP contribution in [0.25, 0.3) is 0 Å². The van der Waals surface area contributed by atoms with Gasteiger partial charge in [0.05, 0.1) is 19.0 Å². The Morgan fingerprint density at radius 2 is 1.93 bits per heavy atom. The van der Waals surface area contributed by atoms with Crippen molar-refractivity contribution in [3.8, 4) is 0 Å². The van der Waals surface area contributed by atoms with Crippen LogP contribution in [-0.2, 0) is 11.3 Å². The number of Topliss-reactive ketones (excluding diaryl/α,β-unsaturated/α-hetero) is 1. The first-order valence-corrected chi connectivity index (χ1v) is 10.9. The van der Waals surface area contributed by atoms with Gasteiger partial charge in [0.1, 0.15) is 6.54 Å². The molecule has 2 fully saturated rings. The minimum Gasteiger partial charge on any atom is -0.378 e. The minimum absolute atomic E-state index is 0.00800. The highest BCUT2D eigenvalue weighted by Gasteiger charge is 2.33. The van der Waals surface area contributed by atoms with Crippen molar-refractivity contribution in [1.82, 2.24) is 19.3 Å². The highest BCUT2D eigenvalue weighted by atomic mass is 32.2. The molecule has 11 heteroatoms. The molecule has 0 spiro atoms. The lowest BCUT2D eigenvalue weighted by molar-refractivity contribution is -0.141. The van der Waals surface area contributed by atoms with Crippen LogP contribution in [-0.4, -0.2) is 63.3 Å². The highest BCUT2D eigenvalue weighted by Crippen LogP contribution is 2.38. The fourth-order valence-electron chi connectivity index (χ4n) is 3.86. The Morgan fingerprint density at radius 1 is 1.23 bits per heavy atom. The van der Waals surface area contributed by atoms with Crippen molar-refractivity contribution in [2.75, 3.05) is 37.0 Å². The van der Waals surface area contributed by atoms with E-state index in [1.807, 2.05) is 19.9 Å². The first-order chi connectivity index (χ1) is 14.2. The van der Waals surface area contributed by atoms with Gasteiger partial charge in [0, 0.05) is 36.1 Å². The molecule has 1 saturated carbocycles. The third-order valence-electron chi connectivity index (χ3n) is 5.36. The van der Waals surface area contributed by atoms with Gasteiger partial charge in [-0.15, -0.1) is 10.2 Å². The second-order valence-electron chi connectivity index (χ2n) is 7.68. The number of rotatable bonds is 7. The topological polar surface area (TPSA) is 65.2 Å². The van der Waals surface area contributed by atoms with Crippen LogP contribution in [0.4, 0.5) is 19.1 Å². The summed E-state index contributed by atoms with van der Waals surface area (Å²) in [6.07, 6.45) is -2.19. The van der Waals surface area contributed by atoms with E-state index < -0.39 is 12.7 Å². The summed E-state index contributed by atoms with van der Waals surface area (Å²) in [5, 5.41) is 8.05. The van der Waals surface area contributed by atoms with E-state index in [0.717, 1.165) is 40.6 Å². The predicted octanol–water partition coefficient (Wildman–Crippen LogP) is 3.41. The Bertz CT molecular complexity index is 929. The molecule has 0 atom stereocenters. The van der Waals surface area contributed by atoms with Crippen molar-refractivity contribution in [2.45, 2.75) is 50.6 Å². The van der Waals surface area contributed by atoms with Crippen molar-refractivity contribution in [1.29, 1.82) is 0 Å². The minimum atomic E-state index is -4.42. The number of carbonyl (C=O) groups is 1. The number of carbonyl (C=O) groups excluding carboxylic acids is 1. The molecular formula is C19H24F3N5O2S. The average Bonchev–Trinajstić information content (AvgIpc) is 3.38. The highest BCUT2D eigenvalue weighted by molar-refractivity contribution is 7.99. The maximum absolute atomic E-state index is 13.2.